The van der Waals surface area contributed by atoms with Crippen molar-refractivity contribution in [1.29, 1.82) is 0 Å². The van der Waals surface area contributed by atoms with Crippen LogP contribution in [0, 0.1) is 11.7 Å². The molecule has 2 unspecified atom stereocenters. The van der Waals surface area contributed by atoms with Crippen molar-refractivity contribution in [3.05, 3.63) is 47.8 Å². The number of rotatable bonds is 9. The van der Waals surface area contributed by atoms with Crippen LogP contribution in [0.2, 0.25) is 0 Å². The van der Waals surface area contributed by atoms with Crippen molar-refractivity contribution in [1.82, 2.24) is 0 Å². The predicted molar refractivity (Wildman–Crippen MR) is 97.0 cm³/mol. The molecule has 2 atom stereocenters. The van der Waals surface area contributed by atoms with E-state index < -0.39 is 0 Å². The first-order valence-electron chi connectivity index (χ1n) is 8.53. The summed E-state index contributed by atoms with van der Waals surface area (Å²) in [4.78, 5) is 16.8. The van der Waals surface area contributed by atoms with Gasteiger partial charge in [0, 0.05) is 11.6 Å². The van der Waals surface area contributed by atoms with Gasteiger partial charge >= 0.3 is 5.97 Å². The molecule has 1 aromatic carbocycles. The summed E-state index contributed by atoms with van der Waals surface area (Å²) in [6, 6.07) is 6.39. The van der Waals surface area contributed by atoms with Crippen LogP contribution in [0.25, 0.3) is 0 Å². The van der Waals surface area contributed by atoms with Crippen LogP contribution in [-0.4, -0.2) is 25.3 Å². The summed E-state index contributed by atoms with van der Waals surface area (Å²) in [5.74, 6) is -0.830. The molecular weight excluding hydrogens is 305 g/mol. The molecule has 0 aliphatic heterocycles. The smallest absolute Gasteiger partial charge is 0.309 e. The van der Waals surface area contributed by atoms with E-state index in [1.165, 1.54) is 19.2 Å². The van der Waals surface area contributed by atoms with Gasteiger partial charge in [-0.3, -0.25) is 9.79 Å². The van der Waals surface area contributed by atoms with Gasteiger partial charge in [-0.15, -0.1) is 0 Å². The summed E-state index contributed by atoms with van der Waals surface area (Å²) in [7, 11) is 1.41. The average Bonchev–Trinajstić information content (AvgIpc) is 2.60. The van der Waals surface area contributed by atoms with Crippen molar-refractivity contribution < 1.29 is 13.9 Å². The Bertz CT molecular complexity index is 564. The van der Waals surface area contributed by atoms with E-state index in [2.05, 4.69) is 11.9 Å². The van der Waals surface area contributed by atoms with E-state index in [4.69, 9.17) is 4.74 Å². The number of carbonyl (C=O) groups excluding carboxylic acids is 1. The van der Waals surface area contributed by atoms with Gasteiger partial charge in [0.1, 0.15) is 5.82 Å². The van der Waals surface area contributed by atoms with E-state index in [1.807, 2.05) is 26.0 Å². The molecule has 0 aliphatic rings. The second kappa shape index (κ2) is 10.7. The van der Waals surface area contributed by atoms with E-state index >= 15 is 0 Å². The molecule has 0 heterocycles. The van der Waals surface area contributed by atoms with Crippen molar-refractivity contribution in [2.45, 2.75) is 46.0 Å². The topological polar surface area (TPSA) is 38.7 Å². The van der Waals surface area contributed by atoms with Crippen LogP contribution in [0.3, 0.4) is 0 Å². The molecule has 4 heteroatoms. The Kier molecular flexibility index (Phi) is 8.98. The van der Waals surface area contributed by atoms with Crippen molar-refractivity contribution in [3.63, 3.8) is 0 Å². The molecule has 132 valence electrons. The Morgan fingerprint density at radius 3 is 2.46 bits per heavy atom. The highest BCUT2D eigenvalue weighted by molar-refractivity contribution is 5.86. The molecule has 0 N–H and O–H groups in total. The third-order valence-corrected chi connectivity index (χ3v) is 4.25. The molecule has 3 nitrogen and oxygen atoms in total. The number of methoxy groups -OCH3 is 1. The highest BCUT2D eigenvalue weighted by Gasteiger charge is 2.29. The van der Waals surface area contributed by atoms with Crippen LogP contribution in [0.5, 0.6) is 0 Å². The summed E-state index contributed by atoms with van der Waals surface area (Å²) in [5.41, 5.74) is 2.01. The fraction of sp³-hybridized carbons (Fsp3) is 0.500. The number of allylic oxidation sites excluding steroid dienone is 1. The lowest BCUT2D eigenvalue weighted by atomic mass is 9.80. The number of halogens is 1. The maximum atomic E-state index is 13.3. The van der Waals surface area contributed by atoms with Crippen LogP contribution in [0.4, 0.5) is 4.39 Å². The summed E-state index contributed by atoms with van der Waals surface area (Å²) < 4.78 is 18.2. The van der Waals surface area contributed by atoms with Crippen LogP contribution in [-0.2, 0) is 9.53 Å². The van der Waals surface area contributed by atoms with E-state index in [9.17, 15) is 9.18 Å². The monoisotopic (exact) mass is 333 g/mol. The van der Waals surface area contributed by atoms with Crippen LogP contribution < -0.4 is 0 Å². The van der Waals surface area contributed by atoms with Crippen LogP contribution >= 0.6 is 0 Å². The second-order valence-corrected chi connectivity index (χ2v) is 5.73. The maximum absolute atomic E-state index is 13.3. The van der Waals surface area contributed by atoms with Gasteiger partial charge in [-0.2, -0.15) is 0 Å². The van der Waals surface area contributed by atoms with Gasteiger partial charge < -0.3 is 4.74 Å². The number of carbonyl (C=O) groups is 1. The third kappa shape index (κ3) is 5.91. The largest absolute Gasteiger partial charge is 0.469 e. The first kappa shape index (κ1) is 20.1. The molecule has 0 amide bonds. The summed E-state index contributed by atoms with van der Waals surface area (Å²) in [6.07, 6.45) is 6.14. The van der Waals surface area contributed by atoms with Gasteiger partial charge in [0.25, 0.3) is 0 Å². The molecule has 0 saturated carbocycles. The van der Waals surface area contributed by atoms with Crippen molar-refractivity contribution >= 4 is 11.7 Å². The van der Waals surface area contributed by atoms with Crippen molar-refractivity contribution in [3.8, 4) is 0 Å². The number of nitrogens with zero attached hydrogens (tertiary/aromatic N) is 1. The molecule has 0 fully saturated rings. The zero-order valence-electron chi connectivity index (χ0n) is 15.1. The zero-order chi connectivity index (χ0) is 17.9. The van der Waals surface area contributed by atoms with Gasteiger partial charge in [0.15, 0.2) is 0 Å². The lowest BCUT2D eigenvalue weighted by molar-refractivity contribution is -0.146. The number of esters is 1. The number of aliphatic imine (C=N–C) groups is 1. The minimum Gasteiger partial charge on any atom is -0.469 e. The van der Waals surface area contributed by atoms with Gasteiger partial charge in [-0.1, -0.05) is 38.1 Å². The Morgan fingerprint density at radius 1 is 1.29 bits per heavy atom. The Labute approximate surface area is 144 Å². The SMILES string of the molecule is C/C=C/CN=C(CC)CC(c1ccc(F)cc1)C(CC)C(=O)OC. The molecule has 0 saturated heterocycles. The Hall–Kier alpha value is -1.97. The van der Waals surface area contributed by atoms with E-state index in [1.54, 1.807) is 12.1 Å². The molecule has 1 rings (SSSR count). The van der Waals surface area contributed by atoms with Gasteiger partial charge in [0.2, 0.25) is 0 Å². The predicted octanol–water partition coefficient (Wildman–Crippen LogP) is 4.93. The molecule has 0 radical (unpaired) electrons. The molecule has 1 aromatic rings. The molecular formula is C20H28FNO2. The highest BCUT2D eigenvalue weighted by atomic mass is 19.1. The second-order valence-electron chi connectivity index (χ2n) is 5.73. The van der Waals surface area contributed by atoms with E-state index in [0.29, 0.717) is 19.4 Å². The first-order chi connectivity index (χ1) is 11.6. The zero-order valence-corrected chi connectivity index (χ0v) is 15.1. The molecule has 24 heavy (non-hydrogen) atoms. The quantitative estimate of drug-likeness (QED) is 0.365. The minimum absolute atomic E-state index is 0.0626. The highest BCUT2D eigenvalue weighted by Crippen LogP contribution is 2.32. The number of hydrogen-bond acceptors (Lipinski definition) is 3. The molecule has 0 bridgehead atoms. The summed E-state index contributed by atoms with van der Waals surface area (Å²) >= 11 is 0. The minimum atomic E-state index is -0.277. The van der Waals surface area contributed by atoms with Crippen LogP contribution in [0.1, 0.15) is 51.5 Å². The lowest BCUT2D eigenvalue weighted by Gasteiger charge is -2.25. The van der Waals surface area contributed by atoms with Crippen molar-refractivity contribution in [2.24, 2.45) is 10.9 Å². The molecule has 0 aliphatic carbocycles. The summed E-state index contributed by atoms with van der Waals surface area (Å²) in [5, 5.41) is 0. The third-order valence-electron chi connectivity index (χ3n) is 4.25. The van der Waals surface area contributed by atoms with Gasteiger partial charge in [-0.25, -0.2) is 4.39 Å². The number of hydrogen-bond donors (Lipinski definition) is 0. The Balaban J connectivity index is 3.14. The van der Waals surface area contributed by atoms with Crippen LogP contribution in [0.15, 0.2) is 41.4 Å². The number of benzene rings is 1. The standard InChI is InChI=1S/C20H28FNO2/c1-5-8-13-22-17(6-2)14-19(18(7-3)20(23)24-4)15-9-11-16(21)12-10-15/h5,8-12,18-19H,6-7,13-14H2,1-4H3/b8-5+,22-17?. The lowest BCUT2D eigenvalue weighted by Crippen LogP contribution is -2.25. The average molecular weight is 333 g/mol. The summed E-state index contributed by atoms with van der Waals surface area (Å²) in [6.45, 7) is 6.65. The Morgan fingerprint density at radius 2 is 1.96 bits per heavy atom. The van der Waals surface area contributed by atoms with E-state index in [-0.39, 0.29) is 23.6 Å². The van der Waals surface area contributed by atoms with E-state index in [0.717, 1.165) is 17.7 Å². The molecule has 0 aromatic heterocycles. The number of ether oxygens (including phenoxy) is 1. The molecule has 0 spiro atoms. The maximum Gasteiger partial charge on any atom is 0.309 e. The van der Waals surface area contributed by atoms with Gasteiger partial charge in [0.05, 0.1) is 19.6 Å². The fourth-order valence-electron chi connectivity index (χ4n) is 2.83. The normalized spacial score (nSPS) is 14.6. The first-order valence-corrected chi connectivity index (χ1v) is 8.53. The van der Waals surface area contributed by atoms with Crippen molar-refractivity contribution in [2.75, 3.05) is 13.7 Å². The fourth-order valence-corrected chi connectivity index (χ4v) is 2.83. The van der Waals surface area contributed by atoms with Gasteiger partial charge in [-0.05, 0) is 43.9 Å².